The maximum atomic E-state index is 11.8. The summed E-state index contributed by atoms with van der Waals surface area (Å²) in [5, 5.41) is 1.19. The Morgan fingerprint density at radius 3 is 2.79 bits per heavy atom. The second kappa shape index (κ2) is 3.32. The average molecular weight is 227 g/mol. The lowest BCUT2D eigenvalue weighted by atomic mass is 9.77. The van der Waals surface area contributed by atoms with E-state index in [0.29, 0.717) is 6.42 Å². The fraction of sp³-hybridized carbons (Fsp3) is 0.455. The van der Waals surface area contributed by atoms with Gasteiger partial charge in [-0.15, -0.1) is 0 Å². The summed E-state index contributed by atoms with van der Waals surface area (Å²) >= 11 is 5.95. The minimum Gasteiger partial charge on any atom is -0.294 e. The first-order valence-corrected chi connectivity index (χ1v) is 5.94. The van der Waals surface area contributed by atoms with E-state index < -0.39 is 0 Å². The number of rotatable bonds is 0. The Bertz CT molecular complexity index is 398. The van der Waals surface area contributed by atoms with Gasteiger partial charge in [0, 0.05) is 12.0 Å². The molecule has 1 aromatic heterocycles. The number of ketones is 1. The SMILES string of the molecule is CC1(C)CC(=O)c2ccc(Cl)pc2C1. The van der Waals surface area contributed by atoms with Gasteiger partial charge in [0.1, 0.15) is 0 Å². The van der Waals surface area contributed by atoms with Crippen LogP contribution in [0.2, 0.25) is 4.75 Å². The molecule has 0 saturated heterocycles. The van der Waals surface area contributed by atoms with Crippen molar-refractivity contribution in [2.45, 2.75) is 26.7 Å². The van der Waals surface area contributed by atoms with Crippen molar-refractivity contribution in [1.29, 1.82) is 0 Å². The summed E-state index contributed by atoms with van der Waals surface area (Å²) in [5.74, 6) is 0.268. The summed E-state index contributed by atoms with van der Waals surface area (Å²) in [6, 6.07) is 3.70. The summed E-state index contributed by atoms with van der Waals surface area (Å²) in [7, 11) is 1.02. The second-order valence-electron chi connectivity index (χ2n) is 4.57. The Kier molecular flexibility index (Phi) is 2.41. The number of hydrogen-bond donors (Lipinski definition) is 0. The monoisotopic (exact) mass is 226 g/mol. The number of fused-ring (bicyclic) bond motifs is 1. The normalized spacial score (nSPS) is 19.8. The molecular formula is C11H12ClOP. The molecule has 2 rings (SSSR count). The number of halogens is 1. The highest BCUT2D eigenvalue weighted by atomic mass is 35.5. The van der Waals surface area contributed by atoms with Crippen LogP contribution >= 0.6 is 19.8 Å². The Morgan fingerprint density at radius 1 is 1.36 bits per heavy atom. The van der Waals surface area contributed by atoms with E-state index in [1.54, 1.807) is 0 Å². The van der Waals surface area contributed by atoms with Crippen molar-refractivity contribution in [2.75, 3.05) is 0 Å². The summed E-state index contributed by atoms with van der Waals surface area (Å²) in [6.45, 7) is 4.27. The van der Waals surface area contributed by atoms with E-state index >= 15 is 0 Å². The van der Waals surface area contributed by atoms with Crippen molar-refractivity contribution in [3.8, 4) is 0 Å². The van der Waals surface area contributed by atoms with E-state index in [0.717, 1.165) is 24.9 Å². The van der Waals surface area contributed by atoms with Crippen LogP contribution in [-0.4, -0.2) is 5.78 Å². The second-order valence-corrected chi connectivity index (χ2v) is 6.49. The van der Waals surface area contributed by atoms with Crippen LogP contribution in [0.15, 0.2) is 12.1 Å². The fourth-order valence-corrected chi connectivity index (χ4v) is 3.51. The molecule has 1 aliphatic carbocycles. The van der Waals surface area contributed by atoms with Gasteiger partial charge in [-0.2, -0.15) is 0 Å². The highest BCUT2D eigenvalue weighted by molar-refractivity contribution is 7.35. The standard InChI is InChI=1S/C11H12ClOP/c1-11(2)5-8(13)7-3-4-10(12)14-9(7)6-11/h3-4H,5-6H2,1-2H3. The van der Waals surface area contributed by atoms with Gasteiger partial charge in [0.15, 0.2) is 5.78 Å². The predicted octanol–water partition coefficient (Wildman–Crippen LogP) is 4.08. The van der Waals surface area contributed by atoms with Crippen molar-refractivity contribution in [3.05, 3.63) is 27.7 Å². The first-order valence-electron chi connectivity index (χ1n) is 4.67. The van der Waals surface area contributed by atoms with Crippen molar-refractivity contribution in [3.63, 3.8) is 0 Å². The van der Waals surface area contributed by atoms with Crippen LogP contribution in [0.5, 0.6) is 0 Å². The lowest BCUT2D eigenvalue weighted by molar-refractivity contribution is 0.0914. The molecule has 0 fully saturated rings. The molecule has 0 atom stereocenters. The van der Waals surface area contributed by atoms with Gasteiger partial charge in [0.25, 0.3) is 0 Å². The summed E-state index contributed by atoms with van der Waals surface area (Å²) < 4.78 is 0.814. The van der Waals surface area contributed by atoms with Crippen molar-refractivity contribution < 1.29 is 4.79 Å². The molecule has 0 N–H and O–H groups in total. The van der Waals surface area contributed by atoms with Crippen molar-refractivity contribution >= 4 is 25.6 Å². The van der Waals surface area contributed by atoms with E-state index in [4.69, 9.17) is 11.6 Å². The number of carbonyl (C=O) groups is 1. The molecule has 0 saturated carbocycles. The Morgan fingerprint density at radius 2 is 2.07 bits per heavy atom. The number of carbonyl (C=O) groups excluding carboxylic acids is 1. The zero-order valence-corrected chi connectivity index (χ0v) is 9.95. The summed E-state index contributed by atoms with van der Waals surface area (Å²) in [6.07, 6.45) is 1.64. The third kappa shape index (κ3) is 1.85. The lowest BCUT2D eigenvalue weighted by Crippen LogP contribution is -2.25. The summed E-state index contributed by atoms with van der Waals surface area (Å²) in [5.41, 5.74) is 1.00. The number of hydrogen-bond acceptors (Lipinski definition) is 1. The van der Waals surface area contributed by atoms with Crippen LogP contribution in [0.25, 0.3) is 0 Å². The van der Waals surface area contributed by atoms with Crippen LogP contribution in [-0.2, 0) is 6.42 Å². The molecule has 14 heavy (non-hydrogen) atoms. The van der Waals surface area contributed by atoms with Crippen LogP contribution in [0, 0.1) is 5.41 Å². The van der Waals surface area contributed by atoms with Gasteiger partial charge in [-0.05, 0) is 29.3 Å². The van der Waals surface area contributed by atoms with Gasteiger partial charge in [0.05, 0.1) is 4.75 Å². The molecule has 0 amide bonds. The Labute approximate surface area is 90.6 Å². The lowest BCUT2D eigenvalue weighted by Gasteiger charge is -2.29. The van der Waals surface area contributed by atoms with Crippen LogP contribution in [0.1, 0.15) is 35.9 Å². The molecule has 1 aliphatic rings. The van der Waals surface area contributed by atoms with E-state index in [2.05, 4.69) is 13.8 Å². The highest BCUT2D eigenvalue weighted by Gasteiger charge is 2.30. The maximum Gasteiger partial charge on any atom is 0.164 e. The van der Waals surface area contributed by atoms with Crippen LogP contribution in [0.3, 0.4) is 0 Å². The topological polar surface area (TPSA) is 17.1 Å². The third-order valence-electron chi connectivity index (χ3n) is 2.53. The van der Waals surface area contributed by atoms with E-state index in [9.17, 15) is 4.79 Å². The maximum absolute atomic E-state index is 11.8. The Hall–Kier alpha value is -0.390. The quantitative estimate of drug-likeness (QED) is 0.652. The molecule has 0 aliphatic heterocycles. The van der Waals surface area contributed by atoms with E-state index in [1.165, 1.54) is 5.30 Å². The molecule has 0 radical (unpaired) electrons. The Balaban J connectivity index is 2.51. The zero-order valence-electron chi connectivity index (χ0n) is 8.30. The first kappa shape index (κ1) is 10.1. The molecule has 74 valence electrons. The molecule has 0 unspecified atom stereocenters. The largest absolute Gasteiger partial charge is 0.294 e. The van der Waals surface area contributed by atoms with Gasteiger partial charge in [0.2, 0.25) is 0 Å². The van der Waals surface area contributed by atoms with Gasteiger partial charge >= 0.3 is 0 Å². The highest BCUT2D eigenvalue weighted by Crippen LogP contribution is 2.40. The van der Waals surface area contributed by atoms with E-state index in [1.807, 2.05) is 12.1 Å². The molecule has 1 aromatic rings. The fourth-order valence-electron chi connectivity index (χ4n) is 1.91. The summed E-state index contributed by atoms with van der Waals surface area (Å²) in [4.78, 5) is 11.8. The number of Topliss-reactive ketones (excluding diaryl/α,β-unsaturated/α-hetero) is 1. The predicted molar refractivity (Wildman–Crippen MR) is 60.4 cm³/mol. The minimum atomic E-state index is 0.102. The van der Waals surface area contributed by atoms with Crippen LogP contribution in [0.4, 0.5) is 0 Å². The molecule has 0 bridgehead atoms. The smallest absolute Gasteiger partial charge is 0.164 e. The van der Waals surface area contributed by atoms with Gasteiger partial charge in [-0.1, -0.05) is 33.6 Å². The molecule has 1 nitrogen and oxygen atoms in total. The van der Waals surface area contributed by atoms with Crippen molar-refractivity contribution in [1.82, 2.24) is 0 Å². The van der Waals surface area contributed by atoms with Crippen molar-refractivity contribution in [2.24, 2.45) is 5.41 Å². The molecule has 1 heterocycles. The van der Waals surface area contributed by atoms with Gasteiger partial charge < -0.3 is 0 Å². The zero-order chi connectivity index (χ0) is 10.3. The third-order valence-corrected chi connectivity index (χ3v) is 3.94. The van der Waals surface area contributed by atoms with Gasteiger partial charge in [-0.25, -0.2) is 0 Å². The van der Waals surface area contributed by atoms with Crippen LogP contribution < -0.4 is 0 Å². The molecule has 0 aromatic carbocycles. The van der Waals surface area contributed by atoms with Gasteiger partial charge in [-0.3, -0.25) is 4.79 Å². The minimum absolute atomic E-state index is 0.102. The molecule has 3 heteroatoms. The molecule has 0 spiro atoms. The average Bonchev–Trinajstić information content (AvgIpc) is 2.00. The van der Waals surface area contributed by atoms with E-state index in [-0.39, 0.29) is 11.2 Å². The first-order chi connectivity index (χ1) is 6.48. The molecular weight excluding hydrogens is 215 g/mol.